The number of hydrogen-bond acceptors (Lipinski definition) is 6. The van der Waals surface area contributed by atoms with E-state index in [1.807, 2.05) is 30.3 Å². The van der Waals surface area contributed by atoms with Gasteiger partial charge in [0.05, 0.1) is 19.2 Å². The van der Waals surface area contributed by atoms with Crippen LogP contribution in [0.2, 0.25) is 0 Å². The van der Waals surface area contributed by atoms with Gasteiger partial charge in [0.15, 0.2) is 5.60 Å². The van der Waals surface area contributed by atoms with Crippen molar-refractivity contribution in [2.24, 2.45) is 0 Å². The lowest BCUT2D eigenvalue weighted by atomic mass is 9.84. The van der Waals surface area contributed by atoms with Crippen LogP contribution in [0.5, 0.6) is 5.75 Å². The smallest absolute Gasteiger partial charge is 0.323 e. The van der Waals surface area contributed by atoms with Gasteiger partial charge < -0.3 is 15.2 Å². The lowest BCUT2D eigenvalue weighted by Gasteiger charge is -2.36. The van der Waals surface area contributed by atoms with Gasteiger partial charge in [0.1, 0.15) is 36.0 Å². The fourth-order valence-corrected chi connectivity index (χ4v) is 4.47. The van der Waals surface area contributed by atoms with Crippen LogP contribution in [0.3, 0.4) is 0 Å². The van der Waals surface area contributed by atoms with E-state index in [1.54, 1.807) is 24.3 Å². The van der Waals surface area contributed by atoms with Crippen molar-refractivity contribution in [1.82, 2.24) is 25.3 Å². The summed E-state index contributed by atoms with van der Waals surface area (Å²) >= 11 is 0. The molecule has 0 aliphatic heterocycles. The Balaban J connectivity index is 1.24. The number of nitrogens with zero attached hydrogens (tertiary/aromatic N) is 4. The Bertz CT molecular complexity index is 1830. The summed E-state index contributed by atoms with van der Waals surface area (Å²) in [6, 6.07) is 21.2. The summed E-state index contributed by atoms with van der Waals surface area (Å²) in [5.74, 6) is 0.0228. The molecule has 8 nitrogen and oxygen atoms in total. The van der Waals surface area contributed by atoms with E-state index in [0.29, 0.717) is 36.1 Å². The number of alkyl halides is 2. The third-order valence-corrected chi connectivity index (χ3v) is 6.93. The highest BCUT2D eigenvalue weighted by atomic mass is 19.3. The number of aromatic amines is 1. The quantitative estimate of drug-likeness (QED) is 0.0821. The monoisotopic (exact) mass is 614 g/mol. The van der Waals surface area contributed by atoms with Crippen molar-refractivity contribution in [1.29, 1.82) is 5.26 Å². The minimum absolute atomic E-state index is 0.288. The second-order valence-corrected chi connectivity index (χ2v) is 10.1. The number of benzene rings is 3. The summed E-state index contributed by atoms with van der Waals surface area (Å²) in [6.07, 6.45) is 2.27. The number of halogens is 4. The van der Waals surface area contributed by atoms with E-state index >= 15 is 8.78 Å². The normalized spacial score (nSPS) is 12.5. The Hall–Kier alpha value is -5.43. The average molecular weight is 615 g/mol. The summed E-state index contributed by atoms with van der Waals surface area (Å²) in [5, 5.41) is 28.7. The van der Waals surface area contributed by atoms with E-state index in [-0.39, 0.29) is 6.54 Å². The Morgan fingerprint density at radius 1 is 0.933 bits per heavy atom. The molecule has 0 saturated heterocycles. The topological polar surface area (TPSA) is 112 Å². The van der Waals surface area contributed by atoms with Crippen molar-refractivity contribution < 1.29 is 27.4 Å². The van der Waals surface area contributed by atoms with Crippen LogP contribution in [-0.4, -0.2) is 31.6 Å². The fraction of sp³-hybridized carbons (Fsp3) is 0.182. The molecule has 5 rings (SSSR count). The van der Waals surface area contributed by atoms with Gasteiger partial charge in [-0.1, -0.05) is 36.1 Å². The molecule has 0 saturated carbocycles. The maximum absolute atomic E-state index is 15.8. The number of aromatic nitrogens is 4. The second kappa shape index (κ2) is 13.5. The summed E-state index contributed by atoms with van der Waals surface area (Å²) in [6.45, 7) is 0.461. The van der Waals surface area contributed by atoms with Crippen LogP contribution in [0.15, 0.2) is 91.4 Å². The Morgan fingerprint density at radius 2 is 1.62 bits per heavy atom. The van der Waals surface area contributed by atoms with Crippen molar-refractivity contribution in [2.45, 2.75) is 31.2 Å². The van der Waals surface area contributed by atoms with Crippen LogP contribution < -0.4 is 10.1 Å². The maximum Gasteiger partial charge on any atom is 0.323 e. The molecule has 0 fully saturated rings. The van der Waals surface area contributed by atoms with E-state index in [0.717, 1.165) is 46.5 Å². The number of H-pyrrole nitrogens is 1. The number of pyridine rings is 1. The molecule has 0 radical (unpaired) electrons. The van der Waals surface area contributed by atoms with E-state index in [1.165, 1.54) is 6.07 Å². The third-order valence-electron chi connectivity index (χ3n) is 6.93. The number of ether oxygens (including phenoxy) is 1. The highest BCUT2D eigenvalue weighted by Crippen LogP contribution is 2.46. The number of nitrogens with one attached hydrogen (secondary N) is 2. The number of rotatable bonds is 11. The van der Waals surface area contributed by atoms with Gasteiger partial charge in [0.2, 0.25) is 0 Å². The molecule has 0 amide bonds. The molecule has 5 aromatic rings. The summed E-state index contributed by atoms with van der Waals surface area (Å²) in [4.78, 5) is 3.83. The minimum Gasteiger partial charge on any atom is -0.489 e. The van der Waals surface area contributed by atoms with Crippen LogP contribution in [0, 0.1) is 34.8 Å². The Kier molecular flexibility index (Phi) is 9.28. The average Bonchev–Trinajstić information content (AvgIpc) is 3.02. The van der Waals surface area contributed by atoms with Gasteiger partial charge in [-0.25, -0.2) is 14.0 Å². The van der Waals surface area contributed by atoms with Gasteiger partial charge in [-0.05, 0) is 59.7 Å². The molecule has 0 aliphatic rings. The molecule has 45 heavy (non-hydrogen) atoms. The van der Waals surface area contributed by atoms with Gasteiger partial charge in [0, 0.05) is 35.5 Å². The molecule has 3 aromatic carbocycles. The Labute approximate surface area is 255 Å². The van der Waals surface area contributed by atoms with Crippen LogP contribution in [0.25, 0.3) is 0 Å². The first kappa shape index (κ1) is 31.0. The molecule has 0 spiro atoms. The van der Waals surface area contributed by atoms with Gasteiger partial charge in [-0.15, -0.1) is 5.10 Å². The first-order valence-corrected chi connectivity index (χ1v) is 13.7. The number of aliphatic hydroxyl groups is 1. The molecule has 1 unspecified atom stereocenters. The van der Waals surface area contributed by atoms with Crippen molar-refractivity contribution in [3.05, 3.63) is 137 Å². The van der Waals surface area contributed by atoms with Gasteiger partial charge in [0.25, 0.3) is 0 Å². The number of nitriles is 1. The molecule has 0 aliphatic carbocycles. The fourth-order valence-electron chi connectivity index (χ4n) is 4.47. The van der Waals surface area contributed by atoms with E-state index in [4.69, 9.17) is 10.00 Å². The predicted octanol–water partition coefficient (Wildman–Crippen LogP) is 5.16. The molecular weight excluding hydrogens is 588 g/mol. The third kappa shape index (κ3) is 7.21. The maximum atomic E-state index is 15.8. The molecule has 2 heterocycles. The zero-order valence-electron chi connectivity index (χ0n) is 23.6. The first-order chi connectivity index (χ1) is 21.7. The van der Waals surface area contributed by atoms with Gasteiger partial charge >= 0.3 is 5.92 Å². The Morgan fingerprint density at radius 3 is 2.24 bits per heavy atom. The summed E-state index contributed by atoms with van der Waals surface area (Å²) < 4.78 is 66.7. The molecule has 1 atom stereocenters. The van der Waals surface area contributed by atoms with Crippen molar-refractivity contribution in [2.75, 3.05) is 6.54 Å². The molecular formula is C33H26F4N6O2. The lowest BCUT2D eigenvalue weighted by Crippen LogP contribution is -2.48. The molecule has 12 heteroatoms. The minimum atomic E-state index is -4.10. The van der Waals surface area contributed by atoms with Crippen molar-refractivity contribution in [3.63, 3.8) is 0 Å². The van der Waals surface area contributed by atoms with Crippen molar-refractivity contribution >= 4 is 0 Å². The molecule has 228 valence electrons. The van der Waals surface area contributed by atoms with Gasteiger partial charge in [-0.3, -0.25) is 9.67 Å². The molecule has 3 N–H and O–H groups in total. The van der Waals surface area contributed by atoms with Crippen LogP contribution >= 0.6 is 0 Å². The van der Waals surface area contributed by atoms with E-state index in [9.17, 15) is 13.9 Å². The van der Waals surface area contributed by atoms with Gasteiger partial charge in [-0.2, -0.15) is 14.0 Å². The largest absolute Gasteiger partial charge is 0.489 e. The lowest BCUT2D eigenvalue weighted by molar-refractivity contribution is -0.208. The predicted molar refractivity (Wildman–Crippen MR) is 155 cm³/mol. The second-order valence-electron chi connectivity index (χ2n) is 10.1. The number of hydrogen-bond donors (Lipinski definition) is 3. The summed E-state index contributed by atoms with van der Waals surface area (Å²) in [7, 11) is 0. The first-order valence-electron chi connectivity index (χ1n) is 13.7. The zero-order valence-corrected chi connectivity index (χ0v) is 23.6. The molecule has 2 aromatic heterocycles. The highest BCUT2D eigenvalue weighted by molar-refractivity contribution is 5.44. The van der Waals surface area contributed by atoms with Crippen LogP contribution in [0.4, 0.5) is 17.6 Å². The highest BCUT2D eigenvalue weighted by Gasteiger charge is 2.57. The zero-order chi connectivity index (χ0) is 31.9. The summed E-state index contributed by atoms with van der Waals surface area (Å²) in [5.41, 5.74) is -1.74. The van der Waals surface area contributed by atoms with Crippen molar-refractivity contribution in [3.8, 4) is 23.7 Å². The standard InChI is InChI=1S/C33H26F4N6O2/c34-27-10-13-29(30(35)17-27)32(44,21-43-22-41-42-43)33(36,37)31-14-9-25(19-40-31)2-1-23-7-11-28(12-8-23)45-20-26-5-3-24(4-6-26)18-39-16-15-38/h3-14,17,19,22,39,42,44H,16,18,20-21H2. The van der Waals surface area contributed by atoms with Crippen LogP contribution in [0.1, 0.15) is 33.5 Å². The van der Waals surface area contributed by atoms with E-state index in [2.05, 4.69) is 32.5 Å². The van der Waals surface area contributed by atoms with Crippen LogP contribution in [-0.2, 0) is 31.2 Å². The molecule has 0 bridgehead atoms. The SMILES string of the molecule is N#CCNCc1ccc(COc2ccc(C#Cc3ccc(C(F)(F)C(O)(Cn4cn[nH]4)c4ccc(F)cc4F)nc3)cc2)cc1. The van der Waals surface area contributed by atoms with E-state index < -0.39 is 41.0 Å².